The molecular weight excluding hydrogens is 532 g/mol. The number of hydrogen-bond acceptors (Lipinski definition) is 6. The van der Waals surface area contributed by atoms with Gasteiger partial charge in [-0.3, -0.25) is 14.4 Å². The molecule has 3 aliphatic heterocycles. The number of fused-ring (bicyclic) bond motifs is 1. The summed E-state index contributed by atoms with van der Waals surface area (Å²) < 4.78 is 6.63. The Balaban J connectivity index is 1.80. The first-order valence-corrected chi connectivity index (χ1v) is 15.4. The molecule has 9 heteroatoms. The summed E-state index contributed by atoms with van der Waals surface area (Å²) in [5.74, 6) is -2.29. The predicted molar refractivity (Wildman–Crippen MR) is 165 cm³/mol. The summed E-state index contributed by atoms with van der Waals surface area (Å²) in [7, 11) is 1.70. The second kappa shape index (κ2) is 13.0. The lowest BCUT2D eigenvalue weighted by molar-refractivity contribution is -0.148. The maximum atomic E-state index is 14.8. The summed E-state index contributed by atoms with van der Waals surface area (Å²) in [5, 5.41) is 10.6. The Hall–Kier alpha value is -3.17. The summed E-state index contributed by atoms with van der Waals surface area (Å²) in [5.41, 5.74) is 0.610. The molecule has 2 unspecified atom stereocenters. The van der Waals surface area contributed by atoms with Gasteiger partial charge in [0.15, 0.2) is 0 Å². The molecule has 3 amide bonds. The first-order valence-electron chi connectivity index (χ1n) is 15.4. The minimum atomic E-state index is -1.14. The Kier molecular flexibility index (Phi) is 9.83. The van der Waals surface area contributed by atoms with Crippen molar-refractivity contribution in [3.05, 3.63) is 49.6 Å². The van der Waals surface area contributed by atoms with Crippen molar-refractivity contribution in [1.29, 1.82) is 0 Å². The summed E-state index contributed by atoms with van der Waals surface area (Å²) in [6.07, 6.45) is 4.69. The fraction of sp³-hybridized carbons (Fsp3) is 0.606. The van der Waals surface area contributed by atoms with Crippen LogP contribution in [0.15, 0.2) is 49.6 Å². The number of benzene rings is 1. The molecule has 1 aromatic rings. The van der Waals surface area contributed by atoms with Gasteiger partial charge in [-0.2, -0.15) is 0 Å². The van der Waals surface area contributed by atoms with Crippen molar-refractivity contribution in [3.8, 4) is 0 Å². The van der Waals surface area contributed by atoms with Crippen LogP contribution in [-0.4, -0.2) is 96.3 Å². The number of anilines is 2. The number of likely N-dealkylation sites (N-methyl/N-ethyl adjacent to an activating group) is 1. The van der Waals surface area contributed by atoms with Crippen LogP contribution < -0.4 is 9.80 Å². The van der Waals surface area contributed by atoms with E-state index in [0.29, 0.717) is 31.5 Å². The zero-order valence-electron chi connectivity index (χ0n) is 25.9. The third-order valence-electron chi connectivity index (χ3n) is 9.75. The largest absolute Gasteiger partial charge is 0.394 e. The van der Waals surface area contributed by atoms with Gasteiger partial charge in [-0.1, -0.05) is 32.4 Å². The summed E-state index contributed by atoms with van der Waals surface area (Å²) in [6, 6.07) is 6.29. The highest BCUT2D eigenvalue weighted by molar-refractivity contribution is 6.05. The van der Waals surface area contributed by atoms with Crippen LogP contribution >= 0.6 is 0 Å². The number of carbonyl (C=O) groups excluding carboxylic acids is 3. The van der Waals surface area contributed by atoms with Crippen molar-refractivity contribution in [2.24, 2.45) is 17.8 Å². The number of nitrogens with zero attached hydrogens (tertiary/aromatic N) is 4. The Morgan fingerprint density at radius 1 is 1.10 bits per heavy atom. The van der Waals surface area contributed by atoms with Crippen molar-refractivity contribution in [2.75, 3.05) is 49.6 Å². The van der Waals surface area contributed by atoms with Gasteiger partial charge >= 0.3 is 0 Å². The molecule has 0 aromatic heterocycles. The molecule has 9 nitrogen and oxygen atoms in total. The number of carbonyl (C=O) groups is 3. The summed E-state index contributed by atoms with van der Waals surface area (Å²) >= 11 is 0. The van der Waals surface area contributed by atoms with Crippen molar-refractivity contribution < 1.29 is 24.2 Å². The molecule has 3 aliphatic rings. The average molecular weight is 581 g/mol. The number of aliphatic hydroxyl groups excluding tert-OH is 1. The molecule has 3 heterocycles. The SMILES string of the molecule is C=CCN(C)C(=O)[C@@H]1[C@H]2C(=O)N([C@@H](CO)[C@@H](C)CC)C(C(=O)N(CC=C)c3ccc(N(CC)CC)cc3)C23CC[C@H]1O3. The van der Waals surface area contributed by atoms with Gasteiger partial charge in [0.05, 0.1) is 30.6 Å². The zero-order chi connectivity index (χ0) is 30.8. The van der Waals surface area contributed by atoms with Crippen LogP contribution in [0.1, 0.15) is 47.0 Å². The monoisotopic (exact) mass is 580 g/mol. The molecule has 0 aliphatic carbocycles. The molecule has 0 saturated carbocycles. The number of hydrogen-bond donors (Lipinski definition) is 1. The summed E-state index contributed by atoms with van der Waals surface area (Å²) in [4.78, 5) is 50.0. The maximum Gasteiger partial charge on any atom is 0.253 e. The fourth-order valence-corrected chi connectivity index (χ4v) is 7.39. The van der Waals surface area contributed by atoms with Crippen LogP contribution in [0.3, 0.4) is 0 Å². The number of likely N-dealkylation sites (tertiary alicyclic amines) is 1. The van der Waals surface area contributed by atoms with Gasteiger partial charge in [-0.05, 0) is 56.9 Å². The number of amides is 3. The van der Waals surface area contributed by atoms with E-state index in [1.54, 1.807) is 33.9 Å². The minimum absolute atomic E-state index is 0.0690. The van der Waals surface area contributed by atoms with Crippen LogP contribution in [-0.2, 0) is 19.1 Å². The first-order chi connectivity index (χ1) is 20.1. The van der Waals surface area contributed by atoms with Gasteiger partial charge in [0.1, 0.15) is 11.6 Å². The van der Waals surface area contributed by atoms with Gasteiger partial charge in [0.25, 0.3) is 5.91 Å². The smallest absolute Gasteiger partial charge is 0.253 e. The number of ether oxygens (including phenoxy) is 1. The number of aliphatic hydroxyl groups is 1. The van der Waals surface area contributed by atoms with Crippen molar-refractivity contribution >= 4 is 29.1 Å². The van der Waals surface area contributed by atoms with E-state index < -0.39 is 35.6 Å². The zero-order valence-corrected chi connectivity index (χ0v) is 25.9. The Labute approximate surface area is 250 Å². The van der Waals surface area contributed by atoms with Gasteiger partial charge in [0, 0.05) is 44.6 Å². The van der Waals surface area contributed by atoms with E-state index in [1.807, 2.05) is 38.1 Å². The lowest BCUT2D eigenvalue weighted by Gasteiger charge is -2.41. The quantitative estimate of drug-likeness (QED) is 0.339. The van der Waals surface area contributed by atoms with E-state index in [0.717, 1.165) is 18.8 Å². The van der Waals surface area contributed by atoms with Crippen LogP contribution in [0, 0.1) is 17.8 Å². The predicted octanol–water partition coefficient (Wildman–Crippen LogP) is 3.48. The van der Waals surface area contributed by atoms with Crippen molar-refractivity contribution in [1.82, 2.24) is 9.80 Å². The van der Waals surface area contributed by atoms with E-state index >= 15 is 0 Å². The van der Waals surface area contributed by atoms with Crippen molar-refractivity contribution in [3.63, 3.8) is 0 Å². The first kappa shape index (κ1) is 31.8. The Morgan fingerprint density at radius 2 is 1.71 bits per heavy atom. The summed E-state index contributed by atoms with van der Waals surface area (Å²) in [6.45, 7) is 17.9. The van der Waals surface area contributed by atoms with Gasteiger partial charge in [-0.25, -0.2) is 0 Å². The van der Waals surface area contributed by atoms with Gasteiger partial charge in [0.2, 0.25) is 11.8 Å². The highest BCUT2D eigenvalue weighted by Crippen LogP contribution is 2.59. The number of rotatable bonds is 14. The Morgan fingerprint density at radius 3 is 2.26 bits per heavy atom. The van der Waals surface area contributed by atoms with Gasteiger partial charge < -0.3 is 29.4 Å². The molecule has 0 radical (unpaired) electrons. The second-order valence-corrected chi connectivity index (χ2v) is 11.9. The van der Waals surface area contributed by atoms with Crippen LogP contribution in [0.25, 0.3) is 0 Å². The van der Waals surface area contributed by atoms with Crippen LogP contribution in [0.5, 0.6) is 0 Å². The molecule has 3 fully saturated rings. The highest BCUT2D eigenvalue weighted by Gasteiger charge is 2.75. The van der Waals surface area contributed by atoms with E-state index in [9.17, 15) is 19.5 Å². The third-order valence-corrected chi connectivity index (χ3v) is 9.75. The molecule has 1 aromatic carbocycles. The maximum absolute atomic E-state index is 14.8. The highest BCUT2D eigenvalue weighted by atomic mass is 16.5. The second-order valence-electron chi connectivity index (χ2n) is 11.9. The van der Waals surface area contributed by atoms with E-state index in [-0.39, 0.29) is 36.8 Å². The van der Waals surface area contributed by atoms with Crippen LogP contribution in [0.2, 0.25) is 0 Å². The lowest BCUT2D eigenvalue weighted by Crippen LogP contribution is -2.60. The lowest BCUT2D eigenvalue weighted by atomic mass is 9.70. The third kappa shape index (κ3) is 5.15. The van der Waals surface area contributed by atoms with Gasteiger partial charge in [-0.15, -0.1) is 13.2 Å². The van der Waals surface area contributed by atoms with E-state index in [2.05, 4.69) is 31.9 Å². The average Bonchev–Trinajstić information content (AvgIpc) is 3.64. The molecular formula is C33H48N4O5. The fourth-order valence-electron chi connectivity index (χ4n) is 7.39. The molecule has 3 saturated heterocycles. The van der Waals surface area contributed by atoms with E-state index in [1.165, 1.54) is 0 Å². The normalized spacial score (nSPS) is 27.4. The van der Waals surface area contributed by atoms with E-state index in [4.69, 9.17) is 4.74 Å². The molecule has 1 spiro atoms. The van der Waals surface area contributed by atoms with Crippen molar-refractivity contribution in [2.45, 2.75) is 70.7 Å². The Bertz CT molecular complexity index is 1170. The standard InChI is InChI=1S/C33H48N4O5/c1-8-19-34(7)30(39)27-26-17-18-33(42-26)28(27)31(40)37(25(21-38)22(6)10-3)29(33)32(41)36(20-9-2)24-15-13-23(14-16-24)35(11-4)12-5/h8-9,13-16,22,25-29,38H,1-2,10-12,17-21H2,3-7H3/t22-,25-,26+,27-,28-,29?,33?/m0/s1. The molecule has 4 rings (SSSR count). The van der Waals surface area contributed by atoms with Crippen LogP contribution in [0.4, 0.5) is 11.4 Å². The molecule has 1 N–H and O–H groups in total. The molecule has 7 atom stereocenters. The topological polar surface area (TPSA) is 93.6 Å². The molecule has 230 valence electrons. The minimum Gasteiger partial charge on any atom is -0.394 e. The molecule has 2 bridgehead atoms. The molecule has 42 heavy (non-hydrogen) atoms.